The summed E-state index contributed by atoms with van der Waals surface area (Å²) in [5, 5.41) is 20.2. The summed E-state index contributed by atoms with van der Waals surface area (Å²) in [6.07, 6.45) is 0.317. The summed E-state index contributed by atoms with van der Waals surface area (Å²) in [5.41, 5.74) is 0.579. The second-order valence-electron chi connectivity index (χ2n) is 5.06. The van der Waals surface area contributed by atoms with Crippen LogP contribution in [0, 0.1) is 5.82 Å². The van der Waals surface area contributed by atoms with Crippen LogP contribution in [0.2, 0.25) is 5.02 Å². The molecular formula is C16H15BrClFO2. The van der Waals surface area contributed by atoms with Crippen molar-refractivity contribution in [3.63, 3.8) is 0 Å². The Morgan fingerprint density at radius 2 is 1.67 bits per heavy atom. The molecule has 0 aliphatic heterocycles. The number of aliphatic hydroxyl groups is 2. The fourth-order valence-corrected chi connectivity index (χ4v) is 2.99. The van der Waals surface area contributed by atoms with E-state index >= 15 is 0 Å². The first-order valence-corrected chi connectivity index (χ1v) is 7.59. The van der Waals surface area contributed by atoms with Crippen molar-refractivity contribution in [2.75, 3.05) is 13.2 Å². The highest BCUT2D eigenvalue weighted by Gasteiger charge is 2.31. The predicted octanol–water partition coefficient (Wildman–Crippen LogP) is 3.71. The third-order valence-electron chi connectivity index (χ3n) is 3.53. The molecule has 2 aromatic rings. The molecule has 2 N–H and O–H groups in total. The zero-order valence-corrected chi connectivity index (χ0v) is 13.5. The van der Waals surface area contributed by atoms with E-state index in [1.54, 1.807) is 30.3 Å². The van der Waals surface area contributed by atoms with Crippen LogP contribution in [0.25, 0.3) is 0 Å². The average Bonchev–Trinajstić information content (AvgIpc) is 2.45. The summed E-state index contributed by atoms with van der Waals surface area (Å²) in [6, 6.07) is 11.5. The Morgan fingerprint density at radius 1 is 1.05 bits per heavy atom. The highest BCUT2D eigenvalue weighted by Crippen LogP contribution is 2.30. The van der Waals surface area contributed by atoms with Gasteiger partial charge in [-0.1, -0.05) is 39.7 Å². The molecule has 0 saturated heterocycles. The summed E-state index contributed by atoms with van der Waals surface area (Å²) >= 11 is 9.12. The molecule has 0 radical (unpaired) electrons. The van der Waals surface area contributed by atoms with Crippen LogP contribution in [0.15, 0.2) is 46.9 Å². The molecule has 0 aliphatic carbocycles. The molecule has 0 saturated carbocycles. The number of hydrogen-bond donors (Lipinski definition) is 2. The standard InChI is InChI=1S/C16H15BrClFO2/c17-13-5-11(6-15(19)7-13)8-16(9-20,10-21)12-1-3-14(18)4-2-12/h1-7,20-21H,8-10H2. The van der Waals surface area contributed by atoms with E-state index in [-0.39, 0.29) is 19.0 Å². The van der Waals surface area contributed by atoms with E-state index < -0.39 is 5.41 Å². The molecule has 21 heavy (non-hydrogen) atoms. The van der Waals surface area contributed by atoms with Gasteiger partial charge >= 0.3 is 0 Å². The highest BCUT2D eigenvalue weighted by atomic mass is 79.9. The minimum Gasteiger partial charge on any atom is -0.395 e. The Balaban J connectivity index is 2.40. The smallest absolute Gasteiger partial charge is 0.124 e. The van der Waals surface area contributed by atoms with Gasteiger partial charge in [-0.05, 0) is 47.9 Å². The van der Waals surface area contributed by atoms with E-state index in [9.17, 15) is 14.6 Å². The van der Waals surface area contributed by atoms with Gasteiger partial charge in [0.2, 0.25) is 0 Å². The number of benzene rings is 2. The molecule has 112 valence electrons. The number of rotatable bonds is 5. The summed E-state index contributed by atoms with van der Waals surface area (Å²) in [4.78, 5) is 0. The SMILES string of the molecule is OCC(CO)(Cc1cc(F)cc(Br)c1)c1ccc(Cl)cc1. The van der Waals surface area contributed by atoms with Crippen LogP contribution in [0.4, 0.5) is 4.39 Å². The van der Waals surface area contributed by atoms with E-state index in [0.29, 0.717) is 21.5 Å². The molecule has 0 amide bonds. The van der Waals surface area contributed by atoms with E-state index in [1.807, 2.05) is 0 Å². The van der Waals surface area contributed by atoms with Gasteiger partial charge in [-0.25, -0.2) is 4.39 Å². The molecule has 0 aromatic heterocycles. The molecule has 2 rings (SSSR count). The van der Waals surface area contributed by atoms with Crippen LogP contribution in [0.5, 0.6) is 0 Å². The molecule has 2 nitrogen and oxygen atoms in total. The lowest BCUT2D eigenvalue weighted by atomic mass is 9.77. The molecule has 0 atom stereocenters. The maximum Gasteiger partial charge on any atom is 0.124 e. The van der Waals surface area contributed by atoms with Gasteiger partial charge in [-0.2, -0.15) is 0 Å². The average molecular weight is 374 g/mol. The molecule has 0 bridgehead atoms. The van der Waals surface area contributed by atoms with Crippen LogP contribution in [0.3, 0.4) is 0 Å². The molecule has 5 heteroatoms. The van der Waals surface area contributed by atoms with Gasteiger partial charge in [0.1, 0.15) is 5.82 Å². The van der Waals surface area contributed by atoms with Crippen molar-refractivity contribution in [3.05, 3.63) is 68.9 Å². The number of hydrogen-bond acceptors (Lipinski definition) is 2. The molecule has 0 heterocycles. The molecule has 0 spiro atoms. The first-order chi connectivity index (χ1) is 9.99. The van der Waals surface area contributed by atoms with Crippen molar-refractivity contribution in [3.8, 4) is 0 Å². The van der Waals surface area contributed by atoms with Crippen molar-refractivity contribution < 1.29 is 14.6 Å². The quantitative estimate of drug-likeness (QED) is 0.839. The summed E-state index contributed by atoms with van der Waals surface area (Å²) < 4.78 is 14.1. The third kappa shape index (κ3) is 3.83. The molecule has 0 aliphatic rings. The minimum absolute atomic E-state index is 0.251. The van der Waals surface area contributed by atoms with E-state index in [4.69, 9.17) is 11.6 Å². The van der Waals surface area contributed by atoms with E-state index in [0.717, 1.165) is 5.56 Å². The summed E-state index contributed by atoms with van der Waals surface area (Å²) in [7, 11) is 0. The Labute approximate surface area is 136 Å². The van der Waals surface area contributed by atoms with Gasteiger partial charge in [0.05, 0.1) is 13.2 Å². The fourth-order valence-electron chi connectivity index (χ4n) is 2.35. The van der Waals surface area contributed by atoms with Crippen LogP contribution >= 0.6 is 27.5 Å². The van der Waals surface area contributed by atoms with Gasteiger partial charge < -0.3 is 10.2 Å². The molecular weight excluding hydrogens is 359 g/mol. The van der Waals surface area contributed by atoms with Crippen molar-refractivity contribution in [2.24, 2.45) is 0 Å². The Bertz CT molecular complexity index is 592. The predicted molar refractivity (Wildman–Crippen MR) is 85.1 cm³/mol. The van der Waals surface area contributed by atoms with Crippen LogP contribution in [-0.4, -0.2) is 23.4 Å². The monoisotopic (exact) mass is 372 g/mol. The first kappa shape index (κ1) is 16.4. The van der Waals surface area contributed by atoms with E-state index in [1.165, 1.54) is 12.1 Å². The van der Waals surface area contributed by atoms with Crippen molar-refractivity contribution in [2.45, 2.75) is 11.8 Å². The van der Waals surface area contributed by atoms with Crippen LogP contribution < -0.4 is 0 Å². The summed E-state index contributed by atoms with van der Waals surface area (Å²) in [6.45, 7) is -0.501. The molecule has 2 aromatic carbocycles. The van der Waals surface area contributed by atoms with Crippen molar-refractivity contribution >= 4 is 27.5 Å². The molecule has 0 fully saturated rings. The van der Waals surface area contributed by atoms with Gasteiger partial charge in [0.25, 0.3) is 0 Å². The lowest BCUT2D eigenvalue weighted by molar-refractivity contribution is 0.116. The maximum absolute atomic E-state index is 13.5. The second kappa shape index (κ2) is 6.88. The number of aliphatic hydroxyl groups excluding tert-OH is 2. The minimum atomic E-state index is -0.877. The van der Waals surface area contributed by atoms with Gasteiger partial charge in [0.15, 0.2) is 0 Å². The summed E-state index contributed by atoms with van der Waals surface area (Å²) in [5.74, 6) is -0.361. The van der Waals surface area contributed by atoms with Crippen LogP contribution in [-0.2, 0) is 11.8 Å². The normalized spacial score (nSPS) is 11.7. The van der Waals surface area contributed by atoms with Gasteiger partial charge in [-0.15, -0.1) is 0 Å². The Hall–Kier alpha value is -0.940. The zero-order chi connectivity index (χ0) is 15.5. The lowest BCUT2D eigenvalue weighted by Crippen LogP contribution is -2.37. The maximum atomic E-state index is 13.5. The van der Waals surface area contributed by atoms with Gasteiger partial charge in [-0.3, -0.25) is 0 Å². The first-order valence-electron chi connectivity index (χ1n) is 6.42. The largest absolute Gasteiger partial charge is 0.395 e. The Kier molecular flexibility index (Phi) is 5.38. The topological polar surface area (TPSA) is 40.5 Å². The van der Waals surface area contributed by atoms with Crippen molar-refractivity contribution in [1.82, 2.24) is 0 Å². The van der Waals surface area contributed by atoms with Crippen molar-refractivity contribution in [1.29, 1.82) is 0 Å². The third-order valence-corrected chi connectivity index (χ3v) is 4.24. The zero-order valence-electron chi connectivity index (χ0n) is 11.2. The second-order valence-corrected chi connectivity index (χ2v) is 6.41. The lowest BCUT2D eigenvalue weighted by Gasteiger charge is -2.30. The van der Waals surface area contributed by atoms with Gasteiger partial charge in [0, 0.05) is 14.9 Å². The molecule has 0 unspecified atom stereocenters. The number of halogens is 3. The van der Waals surface area contributed by atoms with E-state index in [2.05, 4.69) is 15.9 Å². The Morgan fingerprint density at radius 3 is 2.19 bits per heavy atom. The fraction of sp³-hybridized carbons (Fsp3) is 0.250. The highest BCUT2D eigenvalue weighted by molar-refractivity contribution is 9.10. The van der Waals surface area contributed by atoms with Crippen LogP contribution in [0.1, 0.15) is 11.1 Å².